The number of ether oxygens (including phenoxy) is 4. The predicted octanol–water partition coefficient (Wildman–Crippen LogP) is 1.40. The Hall–Kier alpha value is -1.36. The maximum absolute atomic E-state index is 13.8. The van der Waals surface area contributed by atoms with Crippen molar-refractivity contribution in [3.05, 3.63) is 11.6 Å². The summed E-state index contributed by atoms with van der Waals surface area (Å²) in [7, 11) is 0. The highest BCUT2D eigenvalue weighted by Crippen LogP contribution is 2.66. The Morgan fingerprint density at radius 1 is 0.904 bits per heavy atom. The van der Waals surface area contributed by atoms with Crippen molar-refractivity contribution in [2.24, 2.45) is 46.3 Å². The SMILES string of the molecule is C[C@H](CCC(=O)[C@@H](C)[C@H]1C(=O)C[C@H]2[C@@H]3CC=C4C[C@@H](O[C@@H]5O[C@H](CO)[C@@H](O)[C@H](O)[C@H]5O)CC[C@]4(C)[C@H]3CC[C@]12C)CO[C@@H]1O[C@@H](C)[C@H](O)[C@@H](O)[C@H]1O. The molecule has 3 saturated carbocycles. The van der Waals surface area contributed by atoms with Crippen LogP contribution in [0.2, 0.25) is 0 Å². The molecule has 0 bridgehead atoms. The Morgan fingerprint density at radius 3 is 2.31 bits per heavy atom. The molecular formula is C39H62O13. The lowest BCUT2D eigenvalue weighted by Crippen LogP contribution is -2.60. The van der Waals surface area contributed by atoms with Crippen LogP contribution < -0.4 is 0 Å². The van der Waals surface area contributed by atoms with Gasteiger partial charge in [0.1, 0.15) is 54.3 Å². The highest BCUT2D eigenvalue weighted by Gasteiger charge is 2.62. The van der Waals surface area contributed by atoms with E-state index < -0.39 is 73.9 Å². The van der Waals surface area contributed by atoms with Crippen molar-refractivity contribution in [1.82, 2.24) is 0 Å². The molecule has 2 saturated heterocycles. The Labute approximate surface area is 306 Å². The zero-order valence-corrected chi connectivity index (χ0v) is 31.3. The average Bonchev–Trinajstić information content (AvgIpc) is 3.40. The van der Waals surface area contributed by atoms with Crippen molar-refractivity contribution in [3.8, 4) is 0 Å². The van der Waals surface area contributed by atoms with Gasteiger partial charge in [-0.25, -0.2) is 0 Å². The fourth-order valence-electron chi connectivity index (χ4n) is 11.1. The maximum atomic E-state index is 13.8. The molecule has 6 aliphatic rings. The molecule has 7 N–H and O–H groups in total. The molecule has 2 aliphatic heterocycles. The highest BCUT2D eigenvalue weighted by molar-refractivity contribution is 5.92. The molecule has 0 amide bonds. The summed E-state index contributed by atoms with van der Waals surface area (Å²) < 4.78 is 23.1. The molecule has 52 heavy (non-hydrogen) atoms. The molecule has 0 aromatic heterocycles. The van der Waals surface area contributed by atoms with Crippen LogP contribution in [0.3, 0.4) is 0 Å². The van der Waals surface area contributed by atoms with Gasteiger partial charge < -0.3 is 54.7 Å². The second kappa shape index (κ2) is 15.6. The van der Waals surface area contributed by atoms with Gasteiger partial charge in [-0.15, -0.1) is 0 Å². The lowest BCUT2D eigenvalue weighted by Gasteiger charge is -2.58. The maximum Gasteiger partial charge on any atom is 0.186 e. The van der Waals surface area contributed by atoms with Gasteiger partial charge in [0.05, 0.1) is 25.4 Å². The quantitative estimate of drug-likeness (QED) is 0.150. The second-order valence-electron chi connectivity index (χ2n) is 17.6. The number of aliphatic hydroxyl groups excluding tert-OH is 7. The molecule has 4 aliphatic carbocycles. The van der Waals surface area contributed by atoms with Crippen LogP contribution in [0.25, 0.3) is 0 Å². The van der Waals surface area contributed by atoms with Gasteiger partial charge in [0.25, 0.3) is 0 Å². The molecule has 296 valence electrons. The molecule has 0 radical (unpaired) electrons. The van der Waals surface area contributed by atoms with Crippen molar-refractivity contribution in [1.29, 1.82) is 0 Å². The molecule has 0 unspecified atom stereocenters. The van der Waals surface area contributed by atoms with Crippen LogP contribution in [0.5, 0.6) is 0 Å². The Morgan fingerprint density at radius 2 is 1.60 bits per heavy atom. The third-order valence-electron chi connectivity index (χ3n) is 14.4. The van der Waals surface area contributed by atoms with E-state index in [0.717, 1.165) is 32.1 Å². The summed E-state index contributed by atoms with van der Waals surface area (Å²) in [5, 5.41) is 70.8. The van der Waals surface area contributed by atoms with Gasteiger partial charge in [0.15, 0.2) is 12.6 Å². The monoisotopic (exact) mass is 738 g/mol. The molecule has 13 nitrogen and oxygen atoms in total. The minimum atomic E-state index is -1.48. The first kappa shape index (κ1) is 40.3. The van der Waals surface area contributed by atoms with Crippen molar-refractivity contribution in [2.75, 3.05) is 13.2 Å². The minimum absolute atomic E-state index is 0.0361. The van der Waals surface area contributed by atoms with Crippen molar-refractivity contribution < 1.29 is 64.3 Å². The predicted molar refractivity (Wildman–Crippen MR) is 185 cm³/mol. The van der Waals surface area contributed by atoms with Gasteiger partial charge in [-0.1, -0.05) is 39.3 Å². The Balaban J connectivity index is 1.04. The summed E-state index contributed by atoms with van der Waals surface area (Å²) in [6, 6.07) is 0. The molecule has 0 spiro atoms. The molecular weight excluding hydrogens is 676 g/mol. The van der Waals surface area contributed by atoms with Crippen LogP contribution in [-0.2, 0) is 28.5 Å². The van der Waals surface area contributed by atoms with Gasteiger partial charge >= 0.3 is 0 Å². The minimum Gasteiger partial charge on any atom is -0.394 e. The van der Waals surface area contributed by atoms with E-state index in [-0.39, 0.29) is 52.9 Å². The lowest BCUT2D eigenvalue weighted by molar-refractivity contribution is -0.313. The third kappa shape index (κ3) is 7.22. The molecule has 5 fully saturated rings. The summed E-state index contributed by atoms with van der Waals surface area (Å²) in [6.45, 7) is 9.74. The van der Waals surface area contributed by atoms with Gasteiger partial charge in [0, 0.05) is 24.7 Å². The fourth-order valence-corrected chi connectivity index (χ4v) is 11.1. The largest absolute Gasteiger partial charge is 0.394 e. The van der Waals surface area contributed by atoms with Crippen LogP contribution in [0, 0.1) is 46.3 Å². The number of hydrogen-bond donors (Lipinski definition) is 7. The van der Waals surface area contributed by atoms with Crippen LogP contribution in [0.4, 0.5) is 0 Å². The number of carbonyl (C=O) groups is 2. The third-order valence-corrected chi connectivity index (χ3v) is 14.4. The number of aliphatic hydroxyl groups is 7. The van der Waals surface area contributed by atoms with E-state index in [9.17, 15) is 45.3 Å². The number of fused-ring (bicyclic) bond motifs is 5. The second-order valence-corrected chi connectivity index (χ2v) is 17.6. The zero-order valence-electron chi connectivity index (χ0n) is 31.3. The number of carbonyl (C=O) groups excluding carboxylic acids is 2. The van der Waals surface area contributed by atoms with Crippen molar-refractivity contribution in [2.45, 2.75) is 160 Å². The summed E-state index contributed by atoms with van der Waals surface area (Å²) in [4.78, 5) is 27.5. The van der Waals surface area contributed by atoms with Crippen molar-refractivity contribution in [3.63, 3.8) is 0 Å². The van der Waals surface area contributed by atoms with E-state index in [0.29, 0.717) is 37.5 Å². The fraction of sp³-hybridized carbons (Fsp3) is 0.897. The smallest absolute Gasteiger partial charge is 0.186 e. The van der Waals surface area contributed by atoms with E-state index in [1.165, 1.54) is 5.57 Å². The van der Waals surface area contributed by atoms with Crippen LogP contribution in [0.1, 0.15) is 92.4 Å². The molecule has 19 atom stereocenters. The molecule has 0 aromatic carbocycles. The van der Waals surface area contributed by atoms with Gasteiger partial charge in [-0.2, -0.15) is 0 Å². The van der Waals surface area contributed by atoms with Gasteiger partial charge in [-0.05, 0) is 86.4 Å². The number of hydrogen-bond acceptors (Lipinski definition) is 13. The topological polar surface area (TPSA) is 213 Å². The summed E-state index contributed by atoms with van der Waals surface area (Å²) >= 11 is 0. The standard InChI is InChI=1S/C39H62O13/c1-18(17-49-36-34(47)32(45)30(43)20(3)50-36)6-9-26(41)19(2)29-27(42)15-25-23-8-7-21-14-22(10-12-38(21,4)24(23)11-13-39(25,29)5)51-37-35(48)33(46)31(44)28(16-40)52-37/h7,18-20,22-25,28-37,40,43-48H,6,8-17H2,1-5H3/t18-,19-,20+,22+,23-,24+,25+,28-,29+,30+,31-,32-,33+,34-,35-,36-,37-,38+,39+/m1/s1. The van der Waals surface area contributed by atoms with Gasteiger partial charge in [-0.3, -0.25) is 9.59 Å². The van der Waals surface area contributed by atoms with Gasteiger partial charge in [0.2, 0.25) is 0 Å². The van der Waals surface area contributed by atoms with Crippen molar-refractivity contribution >= 4 is 11.6 Å². The molecule has 2 heterocycles. The van der Waals surface area contributed by atoms with E-state index in [4.69, 9.17) is 18.9 Å². The number of ketones is 2. The normalized spacial score (nSPS) is 49.0. The summed E-state index contributed by atoms with van der Waals surface area (Å²) in [6.07, 6.45) is -3.82. The van der Waals surface area contributed by atoms with Crippen LogP contribution >= 0.6 is 0 Å². The lowest BCUT2D eigenvalue weighted by atomic mass is 9.47. The van der Waals surface area contributed by atoms with E-state index >= 15 is 0 Å². The average molecular weight is 739 g/mol. The number of Topliss-reactive ketones (excluding diaryl/α,β-unsaturated/α-hetero) is 2. The molecule has 6 rings (SSSR count). The van der Waals surface area contributed by atoms with Crippen LogP contribution in [-0.4, -0.2) is 128 Å². The van der Waals surface area contributed by atoms with E-state index in [1.807, 2.05) is 13.8 Å². The van der Waals surface area contributed by atoms with Crippen LogP contribution in [0.15, 0.2) is 11.6 Å². The Bertz CT molecular complexity index is 1320. The first-order chi connectivity index (χ1) is 24.5. The van der Waals surface area contributed by atoms with E-state index in [2.05, 4.69) is 19.9 Å². The summed E-state index contributed by atoms with van der Waals surface area (Å²) in [5.74, 6) is 0.450. The number of allylic oxidation sites excluding steroid dienone is 1. The number of rotatable bonds is 11. The van der Waals surface area contributed by atoms with E-state index in [1.54, 1.807) is 6.92 Å². The molecule has 13 heteroatoms. The summed E-state index contributed by atoms with van der Waals surface area (Å²) in [5.41, 5.74) is 0.993. The first-order valence-corrected chi connectivity index (χ1v) is 19.5. The first-order valence-electron chi connectivity index (χ1n) is 19.5. The molecule has 0 aromatic rings. The zero-order chi connectivity index (χ0) is 37.9. The highest BCUT2D eigenvalue weighted by atomic mass is 16.7. The Kier molecular flexibility index (Phi) is 12.1.